The lowest BCUT2D eigenvalue weighted by atomic mass is 9.97. The summed E-state index contributed by atoms with van der Waals surface area (Å²) < 4.78 is 48.5. The van der Waals surface area contributed by atoms with Crippen LogP contribution in [0.4, 0.5) is 14.5 Å². The number of carbonyl (C=O) groups is 2. The number of rotatable bonds is 9. The predicted molar refractivity (Wildman–Crippen MR) is 149 cm³/mol. The molecule has 1 aliphatic rings. The average Bonchev–Trinajstić information content (AvgIpc) is 2.96. The molecule has 0 saturated carbocycles. The van der Waals surface area contributed by atoms with Crippen molar-refractivity contribution < 1.29 is 37.7 Å². The molecule has 2 heterocycles. The van der Waals surface area contributed by atoms with Gasteiger partial charge in [0.05, 0.1) is 12.5 Å². The third kappa shape index (κ3) is 6.51. The Morgan fingerprint density at radius 2 is 1.83 bits per heavy atom. The Morgan fingerprint density at radius 3 is 2.50 bits per heavy atom. The van der Waals surface area contributed by atoms with E-state index in [0.29, 0.717) is 12.8 Å². The number of phenolic OH excluding ortho intramolecular Hbond substituents is 1. The molecular weight excluding hydrogens is 552 g/mol. The van der Waals surface area contributed by atoms with E-state index >= 15 is 8.78 Å². The van der Waals surface area contributed by atoms with Gasteiger partial charge in [-0.3, -0.25) is 15.0 Å². The number of esters is 1. The molecule has 0 aliphatic carbocycles. The van der Waals surface area contributed by atoms with Crippen molar-refractivity contribution in [3.63, 3.8) is 0 Å². The van der Waals surface area contributed by atoms with E-state index in [1.807, 2.05) is 0 Å². The van der Waals surface area contributed by atoms with E-state index in [1.54, 1.807) is 27.1 Å². The Labute approximate surface area is 240 Å². The summed E-state index contributed by atoms with van der Waals surface area (Å²) in [6.07, 6.45) is 0.933. The minimum Gasteiger partial charge on any atom is -0.504 e. The van der Waals surface area contributed by atoms with Gasteiger partial charge in [-0.25, -0.2) is 0 Å². The minimum absolute atomic E-state index is 0.0343. The Kier molecular flexibility index (Phi) is 9.09. The molecule has 42 heavy (non-hydrogen) atoms. The summed E-state index contributed by atoms with van der Waals surface area (Å²) in [6, 6.07) is 9.71. The van der Waals surface area contributed by atoms with E-state index in [9.17, 15) is 14.7 Å². The zero-order valence-electron chi connectivity index (χ0n) is 23.3. The number of anilines is 1. The van der Waals surface area contributed by atoms with Crippen LogP contribution in [0.1, 0.15) is 35.7 Å². The van der Waals surface area contributed by atoms with Gasteiger partial charge in [0, 0.05) is 38.3 Å². The first-order valence-corrected chi connectivity index (χ1v) is 13.2. The SMILES string of the molecule is CCOC(=O)C1CCCN(c2c(F)c(Oc3cccc(C(=O)N(C)C)c3)nc(Oc3cc(C(=N)N)ccc3O)c2F)C1. The van der Waals surface area contributed by atoms with Crippen molar-refractivity contribution in [2.75, 3.05) is 38.7 Å². The number of hydrogen-bond donors (Lipinski definition) is 3. The number of ether oxygens (including phenoxy) is 3. The second-order valence-corrected chi connectivity index (χ2v) is 9.76. The minimum atomic E-state index is -1.20. The fourth-order valence-corrected chi connectivity index (χ4v) is 4.46. The largest absolute Gasteiger partial charge is 0.504 e. The van der Waals surface area contributed by atoms with Crippen molar-refractivity contribution in [1.82, 2.24) is 9.88 Å². The van der Waals surface area contributed by atoms with Gasteiger partial charge in [-0.05, 0) is 56.2 Å². The molecule has 222 valence electrons. The predicted octanol–water partition coefficient (Wildman–Crippen LogP) is 4.42. The molecule has 4 rings (SSSR count). The van der Waals surface area contributed by atoms with Gasteiger partial charge in [0.25, 0.3) is 17.7 Å². The van der Waals surface area contributed by atoms with Crippen LogP contribution < -0.4 is 20.1 Å². The fraction of sp³-hybridized carbons (Fsp3) is 0.310. The smallest absolute Gasteiger partial charge is 0.310 e. The highest BCUT2D eigenvalue weighted by atomic mass is 19.1. The third-order valence-electron chi connectivity index (χ3n) is 6.53. The van der Waals surface area contributed by atoms with Gasteiger partial charge in [-0.1, -0.05) is 6.07 Å². The van der Waals surface area contributed by atoms with Crippen molar-refractivity contribution in [2.45, 2.75) is 19.8 Å². The summed E-state index contributed by atoms with van der Waals surface area (Å²) in [5.74, 6) is -6.18. The molecule has 3 aromatic rings. The molecule has 0 bridgehead atoms. The fourth-order valence-electron chi connectivity index (χ4n) is 4.46. The highest BCUT2D eigenvalue weighted by Gasteiger charge is 2.33. The molecule has 1 aromatic heterocycles. The Morgan fingerprint density at radius 1 is 1.12 bits per heavy atom. The molecule has 1 aliphatic heterocycles. The number of nitrogens with zero attached hydrogens (tertiary/aromatic N) is 3. The molecule has 13 heteroatoms. The number of aromatic nitrogens is 1. The number of aromatic hydroxyl groups is 1. The maximum absolute atomic E-state index is 16.0. The third-order valence-corrected chi connectivity index (χ3v) is 6.53. The van der Waals surface area contributed by atoms with Crippen molar-refractivity contribution in [2.24, 2.45) is 11.7 Å². The number of amides is 1. The monoisotopic (exact) mass is 583 g/mol. The lowest BCUT2D eigenvalue weighted by molar-refractivity contribution is -0.148. The molecule has 1 unspecified atom stereocenters. The molecule has 11 nitrogen and oxygen atoms in total. The van der Waals surface area contributed by atoms with Crippen molar-refractivity contribution >= 4 is 23.4 Å². The molecule has 0 spiro atoms. The van der Waals surface area contributed by atoms with Crippen LogP contribution in [0.25, 0.3) is 0 Å². The summed E-state index contributed by atoms with van der Waals surface area (Å²) >= 11 is 0. The molecule has 0 radical (unpaired) electrons. The van der Waals surface area contributed by atoms with Gasteiger partial charge in [0.15, 0.2) is 11.5 Å². The lowest BCUT2D eigenvalue weighted by Crippen LogP contribution is -2.40. The average molecular weight is 584 g/mol. The van der Waals surface area contributed by atoms with Crippen LogP contribution in [-0.2, 0) is 9.53 Å². The van der Waals surface area contributed by atoms with Crippen LogP contribution in [-0.4, -0.2) is 66.5 Å². The van der Waals surface area contributed by atoms with Gasteiger partial charge in [0.2, 0.25) is 11.6 Å². The van der Waals surface area contributed by atoms with Gasteiger partial charge < -0.3 is 34.9 Å². The Balaban J connectivity index is 1.80. The Bertz CT molecular complexity index is 1520. The van der Waals surface area contributed by atoms with E-state index in [4.69, 9.17) is 25.4 Å². The molecule has 1 atom stereocenters. The number of nitrogens with one attached hydrogen (secondary N) is 1. The summed E-state index contributed by atoms with van der Waals surface area (Å²) in [5.41, 5.74) is 5.42. The number of nitrogen functional groups attached to an aromatic ring is 1. The molecule has 1 fully saturated rings. The number of pyridine rings is 1. The van der Waals surface area contributed by atoms with Crippen molar-refractivity contribution in [3.05, 3.63) is 65.2 Å². The maximum atomic E-state index is 16.0. The second kappa shape index (κ2) is 12.7. The van der Waals surface area contributed by atoms with Crippen LogP contribution in [0.3, 0.4) is 0 Å². The normalized spacial score (nSPS) is 14.7. The first kappa shape index (κ1) is 30.0. The zero-order valence-corrected chi connectivity index (χ0v) is 23.3. The number of benzene rings is 2. The summed E-state index contributed by atoms with van der Waals surface area (Å²) in [7, 11) is 3.15. The number of carbonyl (C=O) groups excluding carboxylic acids is 2. The molecule has 1 saturated heterocycles. The first-order valence-electron chi connectivity index (χ1n) is 13.2. The summed E-state index contributed by atoms with van der Waals surface area (Å²) in [4.78, 5) is 31.5. The lowest BCUT2D eigenvalue weighted by Gasteiger charge is -2.33. The van der Waals surface area contributed by atoms with Gasteiger partial charge in [-0.2, -0.15) is 13.8 Å². The van der Waals surface area contributed by atoms with Crippen LogP contribution >= 0.6 is 0 Å². The van der Waals surface area contributed by atoms with Crippen molar-refractivity contribution in [1.29, 1.82) is 5.41 Å². The Hall–Kier alpha value is -4.94. The number of piperidine rings is 1. The van der Waals surface area contributed by atoms with Gasteiger partial charge in [-0.15, -0.1) is 0 Å². The number of hydrogen-bond acceptors (Lipinski definition) is 9. The van der Waals surface area contributed by atoms with Gasteiger partial charge >= 0.3 is 5.97 Å². The van der Waals surface area contributed by atoms with E-state index in [2.05, 4.69) is 4.98 Å². The van der Waals surface area contributed by atoms with Crippen molar-refractivity contribution in [3.8, 4) is 29.0 Å². The second-order valence-electron chi connectivity index (χ2n) is 9.76. The molecule has 4 N–H and O–H groups in total. The number of phenols is 1. The van der Waals surface area contributed by atoms with E-state index in [1.165, 1.54) is 46.2 Å². The summed E-state index contributed by atoms with van der Waals surface area (Å²) in [6.45, 7) is 2.02. The molecule has 2 aromatic carbocycles. The topological polar surface area (TPSA) is 151 Å². The maximum Gasteiger partial charge on any atom is 0.310 e. The van der Waals surface area contributed by atoms with E-state index < -0.39 is 46.7 Å². The quantitative estimate of drug-likeness (QED) is 0.189. The van der Waals surface area contributed by atoms with Gasteiger partial charge in [0.1, 0.15) is 17.3 Å². The highest BCUT2D eigenvalue weighted by Crippen LogP contribution is 2.41. The number of amidine groups is 1. The first-order chi connectivity index (χ1) is 20.0. The van der Waals surface area contributed by atoms with Crippen LogP contribution in [0.5, 0.6) is 29.0 Å². The molecule has 1 amide bonds. The highest BCUT2D eigenvalue weighted by molar-refractivity contribution is 5.95. The molecular formula is C29H31F2N5O6. The van der Waals surface area contributed by atoms with Crippen LogP contribution in [0.2, 0.25) is 0 Å². The number of nitrogens with two attached hydrogens (primary N) is 1. The van der Waals surface area contributed by atoms with Crippen LogP contribution in [0, 0.1) is 23.0 Å². The zero-order chi connectivity index (χ0) is 30.6. The standard InChI is InChI=1S/C29H31F2N5O6/c1-4-40-29(39)18-8-6-12-36(15-18)24-22(30)26(41-19-9-5-7-17(13-19)28(38)35(2)3)34-27(23(24)31)42-21-14-16(25(32)33)10-11-20(21)37/h5,7,9-11,13-14,18,37H,4,6,8,12,15H2,1-3H3,(H3,32,33). The van der Waals surface area contributed by atoms with E-state index in [-0.39, 0.29) is 54.1 Å². The summed E-state index contributed by atoms with van der Waals surface area (Å²) in [5, 5.41) is 18.0. The van der Waals surface area contributed by atoms with Crippen LogP contribution in [0.15, 0.2) is 42.5 Å². The van der Waals surface area contributed by atoms with E-state index in [0.717, 1.165) is 0 Å². The number of halogens is 2.